The molecule has 0 saturated heterocycles. The summed E-state index contributed by atoms with van der Waals surface area (Å²) in [7, 11) is 0. The number of hydrogen-bond donors (Lipinski definition) is 1. The van der Waals surface area contributed by atoms with Crippen molar-refractivity contribution in [1.82, 2.24) is 4.98 Å². The van der Waals surface area contributed by atoms with Crippen molar-refractivity contribution in [3.63, 3.8) is 0 Å². The molecule has 0 aliphatic carbocycles. The summed E-state index contributed by atoms with van der Waals surface area (Å²) in [6.45, 7) is 3.72. The predicted octanol–water partition coefficient (Wildman–Crippen LogP) is 3.86. The van der Waals surface area contributed by atoms with Gasteiger partial charge in [-0.1, -0.05) is 0 Å². The number of pyridine rings is 1. The molecule has 2 rings (SSSR count). The number of nitrogens with zero attached hydrogens (tertiary/aromatic N) is 1. The minimum atomic E-state index is -4.50. The van der Waals surface area contributed by atoms with Crippen molar-refractivity contribution < 1.29 is 18.3 Å². The lowest BCUT2D eigenvalue weighted by atomic mass is 10.0. The Morgan fingerprint density at radius 2 is 2.00 bits per heavy atom. The Labute approximate surface area is 112 Å². The van der Waals surface area contributed by atoms with Gasteiger partial charge in [0.1, 0.15) is 6.10 Å². The zero-order chi connectivity index (χ0) is 14.2. The number of aromatic nitrogens is 1. The highest BCUT2D eigenvalue weighted by atomic mass is 32.1. The third-order valence-corrected chi connectivity index (χ3v) is 4.11. The van der Waals surface area contributed by atoms with E-state index < -0.39 is 17.8 Å². The topological polar surface area (TPSA) is 33.1 Å². The van der Waals surface area contributed by atoms with E-state index in [1.165, 1.54) is 11.3 Å². The molecular weight excluding hydrogens is 275 g/mol. The second-order valence-corrected chi connectivity index (χ2v) is 5.54. The first kappa shape index (κ1) is 14.0. The minimum Gasteiger partial charge on any atom is -0.383 e. The zero-order valence-electron chi connectivity index (χ0n) is 10.3. The number of halogens is 3. The number of alkyl halides is 3. The summed E-state index contributed by atoms with van der Waals surface area (Å²) >= 11 is 1.29. The number of aliphatic hydroxyl groups excluding tert-OH is 1. The van der Waals surface area contributed by atoms with Crippen LogP contribution in [0.5, 0.6) is 0 Å². The van der Waals surface area contributed by atoms with Crippen molar-refractivity contribution in [3.8, 4) is 0 Å². The van der Waals surface area contributed by atoms with Gasteiger partial charge in [0, 0.05) is 27.7 Å². The zero-order valence-corrected chi connectivity index (χ0v) is 11.1. The number of hydrogen-bond acceptors (Lipinski definition) is 3. The SMILES string of the molecule is Cc1cc(C(O)c2cnccc2C(F)(F)F)sc1C. The summed E-state index contributed by atoms with van der Waals surface area (Å²) in [4.78, 5) is 5.15. The van der Waals surface area contributed by atoms with Crippen LogP contribution in [0.4, 0.5) is 13.2 Å². The van der Waals surface area contributed by atoms with Gasteiger partial charge in [-0.3, -0.25) is 4.98 Å². The van der Waals surface area contributed by atoms with Gasteiger partial charge in [0.05, 0.1) is 5.56 Å². The van der Waals surface area contributed by atoms with E-state index >= 15 is 0 Å². The average Bonchev–Trinajstić information content (AvgIpc) is 2.68. The molecule has 2 nitrogen and oxygen atoms in total. The second kappa shape index (κ2) is 4.94. The van der Waals surface area contributed by atoms with E-state index in [0.717, 1.165) is 28.9 Å². The molecule has 0 spiro atoms. The van der Waals surface area contributed by atoms with E-state index in [-0.39, 0.29) is 5.56 Å². The molecule has 1 atom stereocenters. The lowest BCUT2D eigenvalue weighted by Crippen LogP contribution is -2.12. The van der Waals surface area contributed by atoms with E-state index in [1.54, 1.807) is 6.07 Å². The third kappa shape index (κ3) is 2.79. The van der Waals surface area contributed by atoms with Crippen molar-refractivity contribution in [2.75, 3.05) is 0 Å². The van der Waals surface area contributed by atoms with Crippen molar-refractivity contribution in [1.29, 1.82) is 0 Å². The molecule has 19 heavy (non-hydrogen) atoms. The molecular formula is C13H12F3NOS. The lowest BCUT2D eigenvalue weighted by Gasteiger charge is -2.15. The number of aliphatic hydroxyl groups is 1. The summed E-state index contributed by atoms with van der Waals surface area (Å²) in [6, 6.07) is 2.59. The molecule has 1 N–H and O–H groups in total. The van der Waals surface area contributed by atoms with Crippen LogP contribution in [0.15, 0.2) is 24.5 Å². The summed E-state index contributed by atoms with van der Waals surface area (Å²) in [5, 5.41) is 10.1. The van der Waals surface area contributed by atoms with Gasteiger partial charge in [-0.05, 0) is 31.5 Å². The fourth-order valence-corrected chi connectivity index (χ4v) is 2.82. The van der Waals surface area contributed by atoms with Crippen LogP contribution >= 0.6 is 11.3 Å². The molecule has 0 amide bonds. The number of thiophene rings is 1. The molecule has 0 aliphatic rings. The standard InChI is InChI=1S/C13H12F3NOS/c1-7-5-11(19-8(7)2)12(18)9-6-17-4-3-10(9)13(14,15)16/h3-6,12,18H,1-2H3. The Hall–Kier alpha value is -1.40. The Morgan fingerprint density at radius 1 is 1.32 bits per heavy atom. The van der Waals surface area contributed by atoms with Crippen LogP contribution in [-0.2, 0) is 6.18 Å². The van der Waals surface area contributed by atoms with Crippen LogP contribution in [0.3, 0.4) is 0 Å². The van der Waals surface area contributed by atoms with E-state index in [2.05, 4.69) is 4.98 Å². The Kier molecular flexibility index (Phi) is 3.64. The van der Waals surface area contributed by atoms with Crippen LogP contribution in [0, 0.1) is 13.8 Å². The maximum absolute atomic E-state index is 12.9. The van der Waals surface area contributed by atoms with Crippen LogP contribution in [0.2, 0.25) is 0 Å². The highest BCUT2D eigenvalue weighted by Gasteiger charge is 2.35. The van der Waals surface area contributed by atoms with Gasteiger partial charge in [-0.25, -0.2) is 0 Å². The van der Waals surface area contributed by atoms with Crippen LogP contribution < -0.4 is 0 Å². The first-order chi connectivity index (χ1) is 8.80. The molecule has 0 radical (unpaired) electrons. The summed E-state index contributed by atoms with van der Waals surface area (Å²) in [5.41, 5.74) is -0.105. The molecule has 2 aromatic heterocycles. The largest absolute Gasteiger partial charge is 0.416 e. The summed E-state index contributed by atoms with van der Waals surface area (Å²) in [5.74, 6) is 0. The molecule has 0 aliphatic heterocycles. The van der Waals surface area contributed by atoms with Gasteiger partial charge in [-0.2, -0.15) is 13.2 Å². The Bertz CT molecular complexity index is 572. The van der Waals surface area contributed by atoms with Crippen molar-refractivity contribution in [2.24, 2.45) is 0 Å². The van der Waals surface area contributed by atoms with E-state index in [1.807, 2.05) is 13.8 Å². The fraction of sp³-hybridized carbons (Fsp3) is 0.308. The number of aryl methyl sites for hydroxylation is 2. The Balaban J connectivity index is 2.47. The first-order valence-corrected chi connectivity index (χ1v) is 6.38. The van der Waals surface area contributed by atoms with Crippen molar-refractivity contribution >= 4 is 11.3 Å². The molecule has 6 heteroatoms. The molecule has 102 valence electrons. The molecule has 0 fully saturated rings. The van der Waals surface area contributed by atoms with Crippen LogP contribution in [0.1, 0.15) is 32.5 Å². The lowest BCUT2D eigenvalue weighted by molar-refractivity contribution is -0.139. The minimum absolute atomic E-state index is 0.212. The highest BCUT2D eigenvalue weighted by molar-refractivity contribution is 7.12. The maximum atomic E-state index is 12.9. The molecule has 0 bridgehead atoms. The average molecular weight is 287 g/mol. The van der Waals surface area contributed by atoms with Gasteiger partial charge in [0.15, 0.2) is 0 Å². The number of rotatable bonds is 2. The van der Waals surface area contributed by atoms with E-state index in [9.17, 15) is 18.3 Å². The van der Waals surface area contributed by atoms with Gasteiger partial charge < -0.3 is 5.11 Å². The fourth-order valence-electron chi connectivity index (χ4n) is 1.77. The van der Waals surface area contributed by atoms with Gasteiger partial charge in [0.25, 0.3) is 0 Å². The highest BCUT2D eigenvalue weighted by Crippen LogP contribution is 2.38. The summed E-state index contributed by atoms with van der Waals surface area (Å²) < 4.78 is 38.6. The van der Waals surface area contributed by atoms with Gasteiger partial charge >= 0.3 is 6.18 Å². The second-order valence-electron chi connectivity index (χ2n) is 4.25. The van der Waals surface area contributed by atoms with Crippen molar-refractivity contribution in [3.05, 3.63) is 51.0 Å². The predicted molar refractivity (Wildman–Crippen MR) is 67.1 cm³/mol. The monoisotopic (exact) mass is 287 g/mol. The normalized spacial score (nSPS) is 13.6. The van der Waals surface area contributed by atoms with Crippen LogP contribution in [-0.4, -0.2) is 10.1 Å². The smallest absolute Gasteiger partial charge is 0.383 e. The third-order valence-electron chi connectivity index (χ3n) is 2.91. The van der Waals surface area contributed by atoms with E-state index in [4.69, 9.17) is 0 Å². The molecule has 0 aromatic carbocycles. The molecule has 0 saturated carbocycles. The van der Waals surface area contributed by atoms with Crippen molar-refractivity contribution in [2.45, 2.75) is 26.1 Å². The Morgan fingerprint density at radius 3 is 2.53 bits per heavy atom. The first-order valence-electron chi connectivity index (χ1n) is 5.57. The molecule has 1 unspecified atom stereocenters. The molecule has 2 heterocycles. The molecule has 2 aromatic rings. The quantitative estimate of drug-likeness (QED) is 0.909. The van der Waals surface area contributed by atoms with E-state index in [0.29, 0.717) is 4.88 Å². The maximum Gasteiger partial charge on any atom is 0.416 e. The van der Waals surface area contributed by atoms with Gasteiger partial charge in [0.2, 0.25) is 0 Å². The van der Waals surface area contributed by atoms with Crippen LogP contribution in [0.25, 0.3) is 0 Å². The summed E-state index contributed by atoms with van der Waals surface area (Å²) in [6.07, 6.45) is -3.66. The van der Waals surface area contributed by atoms with Gasteiger partial charge in [-0.15, -0.1) is 11.3 Å².